The molecule has 1 heterocycles. The van der Waals surface area contributed by atoms with Crippen molar-refractivity contribution in [2.45, 2.75) is 18.9 Å². The second-order valence-electron chi connectivity index (χ2n) is 4.78. The SMILES string of the molecule is COC1CCN(C(=O)c2ccccc2C#CCN)CC1. The van der Waals surface area contributed by atoms with E-state index in [1.807, 2.05) is 29.2 Å². The fourth-order valence-electron chi connectivity index (χ4n) is 2.39. The van der Waals surface area contributed by atoms with Crippen LogP contribution in [0.2, 0.25) is 0 Å². The number of piperidine rings is 1. The lowest BCUT2D eigenvalue weighted by atomic mass is 10.0. The van der Waals surface area contributed by atoms with Gasteiger partial charge in [-0.2, -0.15) is 0 Å². The van der Waals surface area contributed by atoms with Crippen LogP contribution < -0.4 is 5.73 Å². The maximum absolute atomic E-state index is 12.6. The molecule has 1 aromatic rings. The molecule has 0 atom stereocenters. The number of ether oxygens (including phenoxy) is 1. The van der Waals surface area contributed by atoms with Crippen LogP contribution in [0.1, 0.15) is 28.8 Å². The van der Waals surface area contributed by atoms with Crippen molar-refractivity contribution in [3.63, 3.8) is 0 Å². The van der Waals surface area contributed by atoms with E-state index in [4.69, 9.17) is 10.5 Å². The summed E-state index contributed by atoms with van der Waals surface area (Å²) in [5, 5.41) is 0. The predicted octanol–water partition coefficient (Wildman–Crippen LogP) is 1.25. The molecular weight excluding hydrogens is 252 g/mol. The third-order valence-electron chi connectivity index (χ3n) is 3.55. The summed E-state index contributed by atoms with van der Waals surface area (Å²) < 4.78 is 5.33. The van der Waals surface area contributed by atoms with Crippen LogP contribution in [-0.4, -0.2) is 43.7 Å². The van der Waals surface area contributed by atoms with Crippen LogP contribution in [0, 0.1) is 11.8 Å². The Kier molecular flexibility index (Phi) is 5.16. The lowest BCUT2D eigenvalue weighted by Gasteiger charge is -2.31. The van der Waals surface area contributed by atoms with Gasteiger partial charge in [0, 0.05) is 25.8 Å². The van der Waals surface area contributed by atoms with Gasteiger partial charge in [-0.3, -0.25) is 4.79 Å². The van der Waals surface area contributed by atoms with Gasteiger partial charge in [-0.05, 0) is 25.0 Å². The molecule has 0 aliphatic carbocycles. The fourth-order valence-corrected chi connectivity index (χ4v) is 2.39. The number of carbonyl (C=O) groups is 1. The Balaban J connectivity index is 2.13. The average Bonchev–Trinajstić information content (AvgIpc) is 2.52. The van der Waals surface area contributed by atoms with Gasteiger partial charge >= 0.3 is 0 Å². The van der Waals surface area contributed by atoms with Gasteiger partial charge in [0.1, 0.15) is 0 Å². The van der Waals surface area contributed by atoms with Gasteiger partial charge in [-0.1, -0.05) is 24.0 Å². The van der Waals surface area contributed by atoms with Crippen molar-refractivity contribution in [3.05, 3.63) is 35.4 Å². The average molecular weight is 272 g/mol. The van der Waals surface area contributed by atoms with Gasteiger partial charge in [-0.15, -0.1) is 0 Å². The Hall–Kier alpha value is -1.83. The Morgan fingerprint density at radius 2 is 2.10 bits per heavy atom. The number of methoxy groups -OCH3 is 1. The maximum Gasteiger partial charge on any atom is 0.255 e. The first-order valence-corrected chi connectivity index (χ1v) is 6.86. The molecule has 1 aromatic carbocycles. The maximum atomic E-state index is 12.6. The molecule has 0 saturated carbocycles. The number of hydrogen-bond donors (Lipinski definition) is 1. The number of likely N-dealkylation sites (tertiary alicyclic amines) is 1. The van der Waals surface area contributed by atoms with Crippen molar-refractivity contribution in [1.29, 1.82) is 0 Å². The molecule has 1 aliphatic rings. The first-order chi connectivity index (χ1) is 9.76. The van der Waals surface area contributed by atoms with E-state index in [-0.39, 0.29) is 12.0 Å². The van der Waals surface area contributed by atoms with Crippen molar-refractivity contribution in [3.8, 4) is 11.8 Å². The first-order valence-electron chi connectivity index (χ1n) is 6.86. The van der Waals surface area contributed by atoms with Crippen molar-refractivity contribution in [2.75, 3.05) is 26.7 Å². The van der Waals surface area contributed by atoms with Gasteiger partial charge in [0.15, 0.2) is 0 Å². The highest BCUT2D eigenvalue weighted by Gasteiger charge is 2.24. The van der Waals surface area contributed by atoms with Crippen LogP contribution in [-0.2, 0) is 4.74 Å². The molecule has 1 saturated heterocycles. The molecule has 0 aromatic heterocycles. The summed E-state index contributed by atoms with van der Waals surface area (Å²) in [6, 6.07) is 7.43. The Labute approximate surface area is 119 Å². The number of rotatable bonds is 2. The van der Waals surface area contributed by atoms with E-state index in [0.717, 1.165) is 31.5 Å². The summed E-state index contributed by atoms with van der Waals surface area (Å²) in [7, 11) is 1.72. The summed E-state index contributed by atoms with van der Waals surface area (Å²) in [6.07, 6.45) is 2.05. The van der Waals surface area contributed by atoms with Crippen molar-refractivity contribution in [2.24, 2.45) is 5.73 Å². The summed E-state index contributed by atoms with van der Waals surface area (Å²) >= 11 is 0. The zero-order valence-corrected chi connectivity index (χ0v) is 11.8. The molecule has 0 bridgehead atoms. The van der Waals surface area contributed by atoms with Gasteiger partial charge in [0.2, 0.25) is 0 Å². The minimum absolute atomic E-state index is 0.0430. The Morgan fingerprint density at radius 1 is 1.40 bits per heavy atom. The topological polar surface area (TPSA) is 55.6 Å². The zero-order chi connectivity index (χ0) is 14.4. The molecule has 0 spiro atoms. The smallest absolute Gasteiger partial charge is 0.255 e. The molecule has 1 aliphatic heterocycles. The van der Waals surface area contributed by atoms with Crippen molar-refractivity contribution >= 4 is 5.91 Å². The van der Waals surface area contributed by atoms with Crippen LogP contribution in [0.25, 0.3) is 0 Å². The van der Waals surface area contributed by atoms with Crippen LogP contribution in [0.4, 0.5) is 0 Å². The number of benzene rings is 1. The minimum atomic E-state index is 0.0430. The van der Waals surface area contributed by atoms with Gasteiger partial charge < -0.3 is 15.4 Å². The van der Waals surface area contributed by atoms with Crippen LogP contribution in [0.3, 0.4) is 0 Å². The van der Waals surface area contributed by atoms with E-state index < -0.39 is 0 Å². The second-order valence-corrected chi connectivity index (χ2v) is 4.78. The van der Waals surface area contributed by atoms with Crippen molar-refractivity contribution in [1.82, 2.24) is 4.90 Å². The quantitative estimate of drug-likeness (QED) is 0.824. The molecule has 20 heavy (non-hydrogen) atoms. The third-order valence-corrected chi connectivity index (χ3v) is 3.55. The number of hydrogen-bond acceptors (Lipinski definition) is 3. The monoisotopic (exact) mass is 272 g/mol. The molecule has 4 heteroatoms. The van der Waals surface area contributed by atoms with E-state index >= 15 is 0 Å². The summed E-state index contributed by atoms with van der Waals surface area (Å²) in [6.45, 7) is 1.76. The second kappa shape index (κ2) is 7.09. The normalized spacial score (nSPS) is 15.6. The largest absolute Gasteiger partial charge is 0.381 e. The molecule has 0 unspecified atom stereocenters. The highest BCUT2D eigenvalue weighted by molar-refractivity contribution is 5.96. The van der Waals surface area contributed by atoms with Crippen LogP contribution in [0.5, 0.6) is 0 Å². The minimum Gasteiger partial charge on any atom is -0.381 e. The predicted molar refractivity (Wildman–Crippen MR) is 78.3 cm³/mol. The van der Waals surface area contributed by atoms with Crippen LogP contribution in [0.15, 0.2) is 24.3 Å². The standard InChI is InChI=1S/C16H20N2O2/c1-20-14-8-11-18(12-9-14)16(19)15-7-3-2-5-13(15)6-4-10-17/h2-3,5,7,14H,8-12,17H2,1H3. The van der Waals surface area contributed by atoms with Gasteiger partial charge in [0.25, 0.3) is 5.91 Å². The Bertz CT molecular complexity index is 523. The van der Waals surface area contributed by atoms with E-state index in [1.165, 1.54) is 0 Å². The number of nitrogens with zero attached hydrogens (tertiary/aromatic N) is 1. The molecule has 0 radical (unpaired) electrons. The molecular formula is C16H20N2O2. The van der Waals surface area contributed by atoms with Gasteiger partial charge in [-0.25, -0.2) is 0 Å². The number of amides is 1. The first kappa shape index (κ1) is 14.6. The Morgan fingerprint density at radius 3 is 2.75 bits per heavy atom. The highest BCUT2D eigenvalue weighted by Crippen LogP contribution is 2.17. The molecule has 2 N–H and O–H groups in total. The van der Waals surface area contributed by atoms with Gasteiger partial charge in [0.05, 0.1) is 18.2 Å². The fraction of sp³-hybridized carbons (Fsp3) is 0.438. The lowest BCUT2D eigenvalue weighted by Crippen LogP contribution is -2.40. The van der Waals surface area contributed by atoms with E-state index in [2.05, 4.69) is 11.8 Å². The molecule has 4 nitrogen and oxygen atoms in total. The highest BCUT2D eigenvalue weighted by atomic mass is 16.5. The molecule has 106 valence electrons. The summed E-state index contributed by atoms with van der Waals surface area (Å²) in [4.78, 5) is 14.4. The summed E-state index contributed by atoms with van der Waals surface area (Å²) in [5.74, 6) is 5.81. The molecule has 2 rings (SSSR count). The number of nitrogens with two attached hydrogens (primary N) is 1. The van der Waals surface area contributed by atoms with E-state index in [9.17, 15) is 4.79 Å². The lowest BCUT2D eigenvalue weighted by molar-refractivity contribution is 0.0350. The van der Waals surface area contributed by atoms with E-state index in [1.54, 1.807) is 7.11 Å². The summed E-state index contributed by atoms with van der Waals surface area (Å²) in [5.41, 5.74) is 6.80. The zero-order valence-electron chi connectivity index (χ0n) is 11.8. The molecule has 1 amide bonds. The van der Waals surface area contributed by atoms with Crippen LogP contribution >= 0.6 is 0 Å². The third kappa shape index (κ3) is 3.38. The number of carbonyl (C=O) groups excluding carboxylic acids is 1. The van der Waals surface area contributed by atoms with Crippen molar-refractivity contribution < 1.29 is 9.53 Å². The van der Waals surface area contributed by atoms with E-state index in [0.29, 0.717) is 12.1 Å². The molecule has 1 fully saturated rings.